The summed E-state index contributed by atoms with van der Waals surface area (Å²) in [6.07, 6.45) is 4.00. The quantitative estimate of drug-likeness (QED) is 0.690. The van der Waals surface area contributed by atoms with Crippen LogP contribution in [0.15, 0.2) is 18.2 Å². The number of nitrogens with zero attached hydrogens (tertiary/aromatic N) is 2. The van der Waals surface area contributed by atoms with Gasteiger partial charge in [-0.3, -0.25) is 9.69 Å². The highest BCUT2D eigenvalue weighted by molar-refractivity contribution is 5.78. The summed E-state index contributed by atoms with van der Waals surface area (Å²) in [4.78, 5) is 17.8. The minimum atomic E-state index is -0.769. The highest BCUT2D eigenvalue weighted by atomic mass is 19.1. The second-order valence-electron chi connectivity index (χ2n) is 8.15. The zero-order valence-electron chi connectivity index (χ0n) is 17.1. The van der Waals surface area contributed by atoms with E-state index >= 15 is 0 Å². The van der Waals surface area contributed by atoms with Gasteiger partial charge in [0.05, 0.1) is 12.0 Å². The molecule has 2 heterocycles. The van der Waals surface area contributed by atoms with Crippen LogP contribution < -0.4 is 0 Å². The summed E-state index contributed by atoms with van der Waals surface area (Å²) in [5.74, 6) is -1.44. The third kappa shape index (κ3) is 4.71. The second-order valence-corrected chi connectivity index (χ2v) is 8.15. The van der Waals surface area contributed by atoms with Gasteiger partial charge in [0.1, 0.15) is 11.6 Å². The molecule has 6 heteroatoms. The molecule has 0 spiro atoms. The van der Waals surface area contributed by atoms with E-state index in [9.17, 15) is 13.6 Å². The molecule has 0 unspecified atom stereocenters. The van der Waals surface area contributed by atoms with Gasteiger partial charge in [-0.1, -0.05) is 13.0 Å². The Kier molecular flexibility index (Phi) is 7.05. The van der Waals surface area contributed by atoms with Gasteiger partial charge in [0.25, 0.3) is 0 Å². The number of carbonyl (C=O) groups is 1. The number of likely N-dealkylation sites (tertiary alicyclic amines) is 2. The third-order valence-electron chi connectivity index (χ3n) is 6.38. The van der Waals surface area contributed by atoms with Gasteiger partial charge in [-0.2, -0.15) is 0 Å². The maximum atomic E-state index is 14.3. The molecule has 1 aromatic rings. The Hall–Kier alpha value is -1.53. The molecule has 3 rings (SSSR count). The summed E-state index contributed by atoms with van der Waals surface area (Å²) in [5.41, 5.74) is -0.383. The highest BCUT2D eigenvalue weighted by Gasteiger charge is 2.45. The van der Waals surface area contributed by atoms with Crippen molar-refractivity contribution in [1.29, 1.82) is 0 Å². The Labute approximate surface area is 166 Å². The van der Waals surface area contributed by atoms with Gasteiger partial charge in [-0.15, -0.1) is 0 Å². The number of ether oxygens (including phenoxy) is 1. The summed E-state index contributed by atoms with van der Waals surface area (Å²) < 4.78 is 33.1. The van der Waals surface area contributed by atoms with E-state index in [-0.39, 0.29) is 12.4 Å². The normalized spacial score (nSPS) is 25.0. The summed E-state index contributed by atoms with van der Waals surface area (Å²) >= 11 is 0. The van der Waals surface area contributed by atoms with Crippen LogP contribution in [0.1, 0.15) is 45.1 Å². The third-order valence-corrected chi connectivity index (χ3v) is 6.38. The fraction of sp³-hybridized carbons (Fsp3) is 0.682. The molecule has 1 atom stereocenters. The van der Waals surface area contributed by atoms with E-state index in [4.69, 9.17) is 4.74 Å². The molecule has 0 saturated carbocycles. The molecule has 0 aliphatic carbocycles. The van der Waals surface area contributed by atoms with Gasteiger partial charge in [-0.05, 0) is 76.8 Å². The maximum Gasteiger partial charge on any atom is 0.313 e. The lowest BCUT2D eigenvalue weighted by atomic mass is 9.74. The van der Waals surface area contributed by atoms with Crippen LogP contribution in [0.4, 0.5) is 8.78 Å². The largest absolute Gasteiger partial charge is 0.466 e. The first kappa shape index (κ1) is 21.2. The van der Waals surface area contributed by atoms with E-state index in [0.717, 1.165) is 51.5 Å². The van der Waals surface area contributed by atoms with Gasteiger partial charge < -0.3 is 9.64 Å². The molecular formula is C22H32F2N2O2. The standard InChI is InChI=1S/C22H32F2N2O2/c1-3-25-12-8-19(9-13-25)26-11-5-10-22(16-26,21(27)28-4-2)15-17-6-7-18(23)14-20(17)24/h6-7,14,19H,3-5,8-13,15-16H2,1-2H3/t22-/m1/s1. The van der Waals surface area contributed by atoms with Crippen LogP contribution in [0, 0.1) is 17.0 Å². The Bertz CT molecular complexity index is 677. The average Bonchev–Trinajstić information content (AvgIpc) is 2.70. The summed E-state index contributed by atoms with van der Waals surface area (Å²) in [7, 11) is 0. The predicted molar refractivity (Wildman–Crippen MR) is 105 cm³/mol. The van der Waals surface area contributed by atoms with Crippen molar-refractivity contribution in [3.8, 4) is 0 Å². The van der Waals surface area contributed by atoms with Crippen molar-refractivity contribution >= 4 is 5.97 Å². The molecule has 156 valence electrons. The number of esters is 1. The molecule has 2 fully saturated rings. The minimum absolute atomic E-state index is 0.252. The first-order chi connectivity index (χ1) is 13.5. The van der Waals surface area contributed by atoms with Crippen molar-refractivity contribution in [1.82, 2.24) is 9.80 Å². The molecule has 0 N–H and O–H groups in total. The lowest BCUT2D eigenvalue weighted by Crippen LogP contribution is -2.55. The van der Waals surface area contributed by atoms with Crippen LogP contribution in [0.3, 0.4) is 0 Å². The molecule has 0 aromatic heterocycles. The van der Waals surface area contributed by atoms with Crippen molar-refractivity contribution in [3.05, 3.63) is 35.4 Å². The smallest absolute Gasteiger partial charge is 0.313 e. The topological polar surface area (TPSA) is 32.8 Å². The molecule has 2 aliphatic rings. The predicted octanol–water partition coefficient (Wildman–Crippen LogP) is 3.64. The van der Waals surface area contributed by atoms with Crippen LogP contribution in [-0.2, 0) is 16.0 Å². The van der Waals surface area contributed by atoms with Gasteiger partial charge in [0, 0.05) is 18.7 Å². The lowest BCUT2D eigenvalue weighted by Gasteiger charge is -2.46. The van der Waals surface area contributed by atoms with Crippen LogP contribution in [0.2, 0.25) is 0 Å². The Morgan fingerprint density at radius 2 is 1.96 bits per heavy atom. The second kappa shape index (κ2) is 9.31. The highest BCUT2D eigenvalue weighted by Crippen LogP contribution is 2.38. The van der Waals surface area contributed by atoms with Gasteiger partial charge in [-0.25, -0.2) is 8.78 Å². The number of halogens is 2. The number of rotatable bonds is 6. The lowest BCUT2D eigenvalue weighted by molar-refractivity contribution is -0.160. The van der Waals surface area contributed by atoms with Crippen molar-refractivity contribution in [3.63, 3.8) is 0 Å². The number of piperidine rings is 2. The summed E-state index contributed by atoms with van der Waals surface area (Å²) in [6, 6.07) is 4.08. The summed E-state index contributed by atoms with van der Waals surface area (Å²) in [6.45, 7) is 9.07. The van der Waals surface area contributed by atoms with E-state index < -0.39 is 17.0 Å². The van der Waals surface area contributed by atoms with Crippen molar-refractivity contribution < 1.29 is 18.3 Å². The Balaban J connectivity index is 1.79. The fourth-order valence-electron chi connectivity index (χ4n) is 4.78. The first-order valence-electron chi connectivity index (χ1n) is 10.5. The SMILES string of the molecule is CCOC(=O)[C@@]1(Cc2ccc(F)cc2F)CCCN(C2CCN(CC)CC2)C1. The molecule has 1 aromatic carbocycles. The minimum Gasteiger partial charge on any atom is -0.466 e. The molecule has 0 amide bonds. The van der Waals surface area contributed by atoms with E-state index in [1.54, 1.807) is 6.92 Å². The molecule has 2 saturated heterocycles. The van der Waals surface area contributed by atoms with Gasteiger partial charge in [0.15, 0.2) is 0 Å². The van der Waals surface area contributed by atoms with E-state index in [2.05, 4.69) is 16.7 Å². The van der Waals surface area contributed by atoms with Crippen molar-refractivity contribution in [2.45, 2.75) is 52.0 Å². The average molecular weight is 395 g/mol. The number of carbonyl (C=O) groups excluding carboxylic acids is 1. The monoisotopic (exact) mass is 394 g/mol. The molecule has 0 bridgehead atoms. The Morgan fingerprint density at radius 3 is 2.61 bits per heavy atom. The number of hydrogen-bond donors (Lipinski definition) is 0. The Morgan fingerprint density at radius 1 is 1.21 bits per heavy atom. The fourth-order valence-corrected chi connectivity index (χ4v) is 4.78. The van der Waals surface area contributed by atoms with Crippen molar-refractivity contribution in [2.75, 3.05) is 39.3 Å². The van der Waals surface area contributed by atoms with Crippen LogP contribution >= 0.6 is 0 Å². The molecule has 0 radical (unpaired) electrons. The van der Waals surface area contributed by atoms with E-state index in [1.807, 2.05) is 0 Å². The van der Waals surface area contributed by atoms with Gasteiger partial charge in [0.2, 0.25) is 0 Å². The first-order valence-corrected chi connectivity index (χ1v) is 10.5. The molecular weight excluding hydrogens is 362 g/mol. The molecule has 2 aliphatic heterocycles. The molecule has 4 nitrogen and oxygen atoms in total. The number of benzene rings is 1. The van der Waals surface area contributed by atoms with E-state index in [1.165, 1.54) is 12.1 Å². The molecule has 28 heavy (non-hydrogen) atoms. The summed E-state index contributed by atoms with van der Waals surface area (Å²) in [5, 5.41) is 0. The maximum absolute atomic E-state index is 14.3. The van der Waals surface area contributed by atoms with Crippen LogP contribution in [0.25, 0.3) is 0 Å². The van der Waals surface area contributed by atoms with Crippen LogP contribution in [0.5, 0.6) is 0 Å². The van der Waals surface area contributed by atoms with E-state index in [0.29, 0.717) is 31.2 Å². The van der Waals surface area contributed by atoms with Crippen LogP contribution in [-0.4, -0.2) is 61.1 Å². The zero-order chi connectivity index (χ0) is 20.1. The zero-order valence-corrected chi connectivity index (χ0v) is 17.1. The van der Waals surface area contributed by atoms with Gasteiger partial charge >= 0.3 is 5.97 Å². The number of hydrogen-bond acceptors (Lipinski definition) is 4. The van der Waals surface area contributed by atoms with Crippen molar-refractivity contribution in [2.24, 2.45) is 5.41 Å².